The number of rotatable bonds is 10. The molecule has 18 atom stereocenters. The van der Waals surface area contributed by atoms with Crippen molar-refractivity contribution in [2.24, 2.45) is 0 Å². The molecular formula is C37H46O23. The number of aliphatic hydroxyl groups excluding tert-OH is 10. The summed E-state index contributed by atoms with van der Waals surface area (Å²) in [4.78, 5) is 14.1. The van der Waals surface area contributed by atoms with Crippen molar-refractivity contribution in [3.63, 3.8) is 0 Å². The molecule has 4 fully saturated rings. The zero-order valence-corrected chi connectivity index (χ0v) is 31.4. The molecule has 1 aromatic heterocycles. The number of fused-ring (bicyclic) bond motifs is 1. The summed E-state index contributed by atoms with van der Waals surface area (Å²) in [5, 5.41) is 136. The first-order valence-corrected chi connectivity index (χ1v) is 18.7. The van der Waals surface area contributed by atoms with Gasteiger partial charge in [-0.3, -0.25) is 4.79 Å². The number of ether oxygens (including phenoxy) is 8. The highest BCUT2D eigenvalue weighted by Gasteiger charge is 2.52. The molecule has 60 heavy (non-hydrogen) atoms. The molecule has 4 aliphatic rings. The normalized spacial score (nSPS) is 40.0. The summed E-state index contributed by atoms with van der Waals surface area (Å²) < 4.78 is 51.4. The summed E-state index contributed by atoms with van der Waals surface area (Å²) in [5.41, 5.74) is -1.24. The summed E-state index contributed by atoms with van der Waals surface area (Å²) in [6.45, 7) is -0.352. The van der Waals surface area contributed by atoms with Crippen LogP contribution >= 0.6 is 0 Å². The number of hydrogen-bond donors (Lipinski definition) is 13. The second kappa shape index (κ2) is 17.9. The van der Waals surface area contributed by atoms with E-state index in [1.807, 2.05) is 0 Å². The zero-order valence-electron chi connectivity index (χ0n) is 31.4. The van der Waals surface area contributed by atoms with Gasteiger partial charge in [-0.1, -0.05) is 0 Å². The fourth-order valence-electron chi connectivity index (χ4n) is 7.17. The molecule has 7 rings (SSSR count). The van der Waals surface area contributed by atoms with Crippen LogP contribution in [0.4, 0.5) is 0 Å². The second-order valence-electron chi connectivity index (χ2n) is 14.8. The summed E-state index contributed by atoms with van der Waals surface area (Å²) in [6, 6.07) is 7.05. The fourth-order valence-corrected chi connectivity index (χ4v) is 7.17. The molecular weight excluding hydrogens is 812 g/mol. The average Bonchev–Trinajstić information content (AvgIpc) is 3.21. The van der Waals surface area contributed by atoms with E-state index in [1.165, 1.54) is 31.2 Å². The van der Waals surface area contributed by atoms with Gasteiger partial charge in [0.05, 0.1) is 25.9 Å². The quantitative estimate of drug-likeness (QED) is 0.0914. The summed E-state index contributed by atoms with van der Waals surface area (Å²) in [5.74, 6) is -2.42. The van der Waals surface area contributed by atoms with Crippen LogP contribution in [0.5, 0.6) is 23.0 Å². The highest BCUT2D eigenvalue weighted by molar-refractivity contribution is 5.88. The van der Waals surface area contributed by atoms with Crippen LogP contribution < -0.4 is 10.2 Å². The minimum atomic E-state index is -2.06. The van der Waals surface area contributed by atoms with Gasteiger partial charge < -0.3 is 109 Å². The van der Waals surface area contributed by atoms with Gasteiger partial charge in [0, 0.05) is 17.7 Å². The Hall–Kier alpha value is -3.83. The first-order chi connectivity index (χ1) is 28.4. The maximum Gasteiger partial charge on any atom is 0.239 e. The van der Waals surface area contributed by atoms with E-state index in [-0.39, 0.29) is 22.7 Å². The van der Waals surface area contributed by atoms with Crippen LogP contribution in [0.3, 0.4) is 0 Å². The summed E-state index contributed by atoms with van der Waals surface area (Å²) in [7, 11) is 0. The number of aromatic hydroxyl groups is 3. The highest BCUT2D eigenvalue weighted by Crippen LogP contribution is 2.39. The molecule has 6 unspecified atom stereocenters. The molecule has 0 bridgehead atoms. The SMILES string of the molecule is CC1O[C@@H](OCC2O[C@@H](Oc3c(-c4ccc(O)cc4)oc4cc(O)cc(O)c4c3=O)C(O[C@@H]3OC[C@@H](O)[C@@H](O)C3O)[C@H](O)[C@H]2O)C(O)[C@@H](O[C@@H]2OC[C@@H](O)[C@@H](O)C2O)[C@H]1O. The Labute approximate surface area is 337 Å². The van der Waals surface area contributed by atoms with Gasteiger partial charge in [0.25, 0.3) is 0 Å². The first kappa shape index (κ1) is 44.2. The Morgan fingerprint density at radius 3 is 1.85 bits per heavy atom. The van der Waals surface area contributed by atoms with Crippen LogP contribution in [0.15, 0.2) is 45.6 Å². The van der Waals surface area contributed by atoms with Crippen molar-refractivity contribution in [1.82, 2.24) is 0 Å². The number of phenols is 3. The van der Waals surface area contributed by atoms with Gasteiger partial charge >= 0.3 is 0 Å². The molecule has 13 N–H and O–H groups in total. The third-order valence-electron chi connectivity index (χ3n) is 10.6. The minimum Gasteiger partial charge on any atom is -0.508 e. The molecule has 5 heterocycles. The molecule has 4 saturated heterocycles. The third kappa shape index (κ3) is 8.64. The molecule has 0 aliphatic carbocycles. The Kier molecular flexibility index (Phi) is 13.2. The van der Waals surface area contributed by atoms with Crippen molar-refractivity contribution >= 4 is 11.0 Å². The van der Waals surface area contributed by atoms with Crippen LogP contribution in [0.1, 0.15) is 6.92 Å². The molecule has 23 heteroatoms. The number of aliphatic hydroxyl groups is 10. The average molecular weight is 859 g/mol. The van der Waals surface area contributed by atoms with E-state index in [9.17, 15) is 71.2 Å². The lowest BCUT2D eigenvalue weighted by molar-refractivity contribution is -0.360. The molecule has 0 amide bonds. The lowest BCUT2D eigenvalue weighted by Gasteiger charge is -2.46. The van der Waals surface area contributed by atoms with Gasteiger partial charge in [-0.25, -0.2) is 0 Å². The van der Waals surface area contributed by atoms with Crippen molar-refractivity contribution in [1.29, 1.82) is 0 Å². The van der Waals surface area contributed by atoms with Crippen molar-refractivity contribution in [2.75, 3.05) is 19.8 Å². The highest BCUT2D eigenvalue weighted by atomic mass is 16.8. The third-order valence-corrected chi connectivity index (χ3v) is 10.6. The van der Waals surface area contributed by atoms with E-state index in [0.717, 1.165) is 12.1 Å². The molecule has 2 aromatic carbocycles. The zero-order chi connectivity index (χ0) is 43.3. The van der Waals surface area contributed by atoms with E-state index in [4.69, 9.17) is 42.3 Å². The van der Waals surface area contributed by atoms with Gasteiger partial charge in [-0.2, -0.15) is 0 Å². The molecule has 0 spiro atoms. The number of hydrogen-bond acceptors (Lipinski definition) is 23. The number of benzene rings is 2. The van der Waals surface area contributed by atoms with Gasteiger partial charge in [0.2, 0.25) is 17.5 Å². The Balaban J connectivity index is 1.19. The molecule has 3 aromatic rings. The fraction of sp³-hybridized carbons (Fsp3) is 0.595. The van der Waals surface area contributed by atoms with Crippen LogP contribution in [0.25, 0.3) is 22.3 Å². The molecule has 0 radical (unpaired) electrons. The van der Waals surface area contributed by atoms with E-state index in [2.05, 4.69) is 0 Å². The molecule has 4 aliphatic heterocycles. The largest absolute Gasteiger partial charge is 0.508 e. The predicted octanol–water partition coefficient (Wildman–Crippen LogP) is -4.47. The van der Waals surface area contributed by atoms with Gasteiger partial charge in [-0.15, -0.1) is 0 Å². The Bertz CT molecular complexity index is 2000. The molecule has 0 saturated carbocycles. The lowest BCUT2D eigenvalue weighted by Crippen LogP contribution is -2.65. The van der Waals surface area contributed by atoms with Gasteiger partial charge in [-0.05, 0) is 31.2 Å². The van der Waals surface area contributed by atoms with Crippen molar-refractivity contribution in [3.8, 4) is 34.3 Å². The molecule has 23 nitrogen and oxygen atoms in total. The monoisotopic (exact) mass is 858 g/mol. The summed E-state index contributed by atoms with van der Waals surface area (Å²) in [6.07, 6.45) is -30.9. The van der Waals surface area contributed by atoms with E-state index < -0.39 is 158 Å². The number of phenolic OH excluding ortho intramolecular Hbond substituents is 3. The van der Waals surface area contributed by atoms with Crippen molar-refractivity contribution in [2.45, 2.75) is 118 Å². The van der Waals surface area contributed by atoms with Crippen LogP contribution in [-0.4, -0.2) is 197 Å². The maximum atomic E-state index is 14.1. The standard InChI is InChI=1S/C37H46O23/c1-11-21(43)31(58-34-27(49)22(44)16(41)8-52-34)29(51)36(55-11)54-10-19-24(46)26(48)33(60-35-28(50)23(45)17(42)9-53-35)37(57-19)59-32-25(47)20-15(40)6-14(39)7-18(20)56-30(32)12-2-4-13(38)5-3-12/h2-7,11,16-17,19,21-24,26-29,31,33-46,48-51H,8-10H2,1H3/t11?,16-,17-,19?,21+,22-,23-,24+,26-,27?,28?,29?,31+,33?,34+,35+,36-,37+/m1/s1. The lowest BCUT2D eigenvalue weighted by atomic mass is 9.97. The van der Waals surface area contributed by atoms with Crippen LogP contribution in [0.2, 0.25) is 0 Å². The minimum absolute atomic E-state index is 0.106. The van der Waals surface area contributed by atoms with Crippen molar-refractivity contribution < 1.29 is 109 Å². The van der Waals surface area contributed by atoms with Gasteiger partial charge in [0.1, 0.15) is 101 Å². The smallest absolute Gasteiger partial charge is 0.239 e. The molecule has 332 valence electrons. The van der Waals surface area contributed by atoms with Crippen LogP contribution in [0, 0.1) is 0 Å². The topological polar surface area (TPSA) is 367 Å². The summed E-state index contributed by atoms with van der Waals surface area (Å²) >= 11 is 0. The van der Waals surface area contributed by atoms with Crippen LogP contribution in [-0.2, 0) is 33.2 Å². The predicted molar refractivity (Wildman–Crippen MR) is 192 cm³/mol. The van der Waals surface area contributed by atoms with Gasteiger partial charge in [0.15, 0.2) is 30.7 Å². The maximum absolute atomic E-state index is 14.1. The second-order valence-corrected chi connectivity index (χ2v) is 14.8. The van der Waals surface area contributed by atoms with E-state index in [1.54, 1.807) is 0 Å². The van der Waals surface area contributed by atoms with Crippen molar-refractivity contribution in [3.05, 3.63) is 46.6 Å². The van der Waals surface area contributed by atoms with E-state index in [0.29, 0.717) is 0 Å². The van der Waals surface area contributed by atoms with E-state index >= 15 is 0 Å². The Morgan fingerprint density at radius 2 is 1.23 bits per heavy atom. The first-order valence-electron chi connectivity index (χ1n) is 18.7. The Morgan fingerprint density at radius 1 is 0.633 bits per heavy atom.